The van der Waals surface area contributed by atoms with Crippen molar-refractivity contribution in [3.8, 4) is 0 Å². The molecule has 0 radical (unpaired) electrons. The van der Waals surface area contributed by atoms with Gasteiger partial charge in [-0.2, -0.15) is 0 Å². The summed E-state index contributed by atoms with van der Waals surface area (Å²) in [5, 5.41) is 11.0. The number of halogens is 3. The first kappa shape index (κ1) is 13.8. The number of pyridine rings is 1. The molecule has 94 valence electrons. The number of aromatic nitrogens is 1. The Morgan fingerprint density at radius 2 is 1.89 bits per heavy atom. The zero-order valence-electron chi connectivity index (χ0n) is 9.28. The van der Waals surface area contributed by atoms with E-state index in [1.54, 1.807) is 6.07 Å². The lowest BCUT2D eigenvalue weighted by Gasteiger charge is -2.12. The molecule has 2 rings (SSSR count). The van der Waals surface area contributed by atoms with Crippen LogP contribution >= 0.6 is 39.1 Å². The minimum absolute atomic E-state index is 0.382. The van der Waals surface area contributed by atoms with E-state index >= 15 is 0 Å². The van der Waals surface area contributed by atoms with Gasteiger partial charge in [-0.05, 0) is 23.8 Å². The highest BCUT2D eigenvalue weighted by molar-refractivity contribution is 9.10. The Balaban J connectivity index is 2.16. The van der Waals surface area contributed by atoms with Crippen molar-refractivity contribution in [3.05, 3.63) is 62.3 Å². The van der Waals surface area contributed by atoms with Gasteiger partial charge < -0.3 is 5.11 Å². The Morgan fingerprint density at radius 1 is 1.22 bits per heavy atom. The van der Waals surface area contributed by atoms with Crippen molar-refractivity contribution in [1.29, 1.82) is 0 Å². The van der Waals surface area contributed by atoms with E-state index in [9.17, 15) is 5.11 Å². The number of aliphatic hydroxyl groups excluding tert-OH is 1. The quantitative estimate of drug-likeness (QED) is 0.891. The zero-order chi connectivity index (χ0) is 13.1. The van der Waals surface area contributed by atoms with Gasteiger partial charge in [-0.25, -0.2) is 0 Å². The first-order chi connectivity index (χ1) is 8.56. The molecule has 5 heteroatoms. The van der Waals surface area contributed by atoms with Crippen LogP contribution in [0.15, 0.2) is 41.0 Å². The van der Waals surface area contributed by atoms with Crippen molar-refractivity contribution in [3.63, 3.8) is 0 Å². The molecule has 0 aliphatic carbocycles. The summed E-state index contributed by atoms with van der Waals surface area (Å²) in [6.07, 6.45) is 1.20. The smallest absolute Gasteiger partial charge is 0.101 e. The van der Waals surface area contributed by atoms with Crippen LogP contribution in [0.5, 0.6) is 0 Å². The van der Waals surface area contributed by atoms with Crippen molar-refractivity contribution < 1.29 is 5.11 Å². The van der Waals surface area contributed by atoms with Gasteiger partial charge in [0.2, 0.25) is 0 Å². The van der Waals surface area contributed by atoms with E-state index in [2.05, 4.69) is 20.9 Å². The third kappa shape index (κ3) is 3.45. The van der Waals surface area contributed by atoms with Gasteiger partial charge >= 0.3 is 0 Å². The summed E-state index contributed by atoms with van der Waals surface area (Å²) in [6, 6.07) is 9.32. The lowest BCUT2D eigenvalue weighted by Crippen LogP contribution is -2.05. The molecule has 1 aromatic carbocycles. The predicted octanol–water partition coefficient (Wildman–Crippen LogP) is 4.43. The van der Waals surface area contributed by atoms with Crippen LogP contribution in [0.1, 0.15) is 17.4 Å². The Kier molecular flexibility index (Phi) is 4.62. The van der Waals surface area contributed by atoms with Gasteiger partial charge in [-0.3, -0.25) is 4.98 Å². The van der Waals surface area contributed by atoms with Gasteiger partial charge in [0, 0.05) is 17.1 Å². The predicted molar refractivity (Wildman–Crippen MR) is 77.1 cm³/mol. The third-order valence-corrected chi connectivity index (χ3v) is 3.53. The molecule has 2 aromatic rings. The van der Waals surface area contributed by atoms with Crippen LogP contribution in [0.2, 0.25) is 10.0 Å². The molecular weight excluding hydrogens is 337 g/mol. The summed E-state index contributed by atoms with van der Waals surface area (Å²) in [6.45, 7) is 0. The topological polar surface area (TPSA) is 33.1 Å². The first-order valence-corrected chi connectivity index (χ1v) is 6.84. The van der Waals surface area contributed by atoms with E-state index < -0.39 is 6.10 Å². The van der Waals surface area contributed by atoms with E-state index in [0.29, 0.717) is 22.2 Å². The minimum Gasteiger partial charge on any atom is -0.386 e. The highest BCUT2D eigenvalue weighted by Crippen LogP contribution is 2.26. The normalized spacial score (nSPS) is 12.4. The van der Waals surface area contributed by atoms with Crippen LogP contribution in [0.25, 0.3) is 0 Å². The minimum atomic E-state index is -0.740. The second-order valence-corrected chi connectivity index (χ2v) is 5.63. The van der Waals surface area contributed by atoms with Gasteiger partial charge in [-0.1, -0.05) is 51.3 Å². The Hall–Kier alpha value is -0.610. The van der Waals surface area contributed by atoms with Crippen LogP contribution in [-0.4, -0.2) is 10.1 Å². The molecule has 18 heavy (non-hydrogen) atoms. The third-order valence-electron chi connectivity index (χ3n) is 2.49. The molecule has 0 saturated heterocycles. The molecule has 1 heterocycles. The Morgan fingerprint density at radius 3 is 2.50 bits per heavy atom. The van der Waals surface area contributed by atoms with Crippen LogP contribution in [0, 0.1) is 0 Å². The summed E-state index contributed by atoms with van der Waals surface area (Å²) >= 11 is 15.1. The Bertz CT molecular complexity index is 545. The number of hydrogen-bond donors (Lipinski definition) is 1. The molecule has 2 nitrogen and oxygen atoms in total. The molecule has 0 spiro atoms. The Labute approximate surface area is 124 Å². The molecule has 0 fully saturated rings. The van der Waals surface area contributed by atoms with E-state index in [-0.39, 0.29) is 0 Å². The van der Waals surface area contributed by atoms with Crippen LogP contribution in [-0.2, 0) is 6.42 Å². The molecule has 1 N–H and O–H groups in total. The number of benzene rings is 1. The standard InChI is InChI=1S/C13H10BrCl2NO/c14-9-3-1-8(2-4-9)5-12(18)13-11(16)6-10(15)7-17-13/h1-4,6-7,12,18H,5H2. The molecule has 0 bridgehead atoms. The average Bonchev–Trinajstić information content (AvgIpc) is 2.32. The molecule has 0 aliphatic rings. The van der Waals surface area contributed by atoms with Crippen LogP contribution in [0.4, 0.5) is 0 Å². The van der Waals surface area contributed by atoms with E-state index in [1.165, 1.54) is 6.20 Å². The van der Waals surface area contributed by atoms with Crippen LogP contribution < -0.4 is 0 Å². The summed E-state index contributed by atoms with van der Waals surface area (Å²) in [5.41, 5.74) is 1.46. The SMILES string of the molecule is OC(Cc1ccc(Br)cc1)c1ncc(Cl)cc1Cl. The fraction of sp³-hybridized carbons (Fsp3) is 0.154. The van der Waals surface area contributed by atoms with Crippen molar-refractivity contribution in [2.45, 2.75) is 12.5 Å². The van der Waals surface area contributed by atoms with E-state index in [4.69, 9.17) is 23.2 Å². The molecule has 1 atom stereocenters. The van der Waals surface area contributed by atoms with Gasteiger partial charge in [0.15, 0.2) is 0 Å². The largest absolute Gasteiger partial charge is 0.386 e. The lowest BCUT2D eigenvalue weighted by atomic mass is 10.1. The summed E-state index contributed by atoms with van der Waals surface area (Å²) in [4.78, 5) is 4.07. The maximum Gasteiger partial charge on any atom is 0.101 e. The fourth-order valence-electron chi connectivity index (χ4n) is 1.61. The maximum atomic E-state index is 10.1. The van der Waals surface area contributed by atoms with Crippen LogP contribution in [0.3, 0.4) is 0 Å². The van der Waals surface area contributed by atoms with Crippen molar-refractivity contribution >= 4 is 39.1 Å². The van der Waals surface area contributed by atoms with Gasteiger partial charge in [-0.15, -0.1) is 0 Å². The number of rotatable bonds is 3. The first-order valence-electron chi connectivity index (χ1n) is 5.29. The molecule has 0 aliphatic heterocycles. The summed E-state index contributed by atoms with van der Waals surface area (Å²) < 4.78 is 1.00. The maximum absolute atomic E-state index is 10.1. The molecule has 1 aromatic heterocycles. The fourth-order valence-corrected chi connectivity index (χ4v) is 2.38. The molecule has 1 unspecified atom stereocenters. The molecule has 0 amide bonds. The number of aliphatic hydroxyl groups is 1. The van der Waals surface area contributed by atoms with Crippen molar-refractivity contribution in [1.82, 2.24) is 4.98 Å². The second kappa shape index (κ2) is 6.02. The monoisotopic (exact) mass is 345 g/mol. The highest BCUT2D eigenvalue weighted by Gasteiger charge is 2.14. The van der Waals surface area contributed by atoms with Crippen molar-refractivity contribution in [2.24, 2.45) is 0 Å². The molecule has 0 saturated carbocycles. The number of nitrogens with zero attached hydrogens (tertiary/aromatic N) is 1. The lowest BCUT2D eigenvalue weighted by molar-refractivity contribution is 0.174. The number of hydrogen-bond acceptors (Lipinski definition) is 2. The van der Waals surface area contributed by atoms with Gasteiger partial charge in [0.1, 0.15) is 6.10 Å². The average molecular weight is 347 g/mol. The van der Waals surface area contributed by atoms with Gasteiger partial charge in [0.05, 0.1) is 15.7 Å². The summed E-state index contributed by atoms with van der Waals surface area (Å²) in [7, 11) is 0. The van der Waals surface area contributed by atoms with Crippen molar-refractivity contribution in [2.75, 3.05) is 0 Å². The van der Waals surface area contributed by atoms with E-state index in [0.717, 1.165) is 10.0 Å². The summed E-state index contributed by atoms with van der Waals surface area (Å²) in [5.74, 6) is 0. The highest BCUT2D eigenvalue weighted by atomic mass is 79.9. The second-order valence-electron chi connectivity index (χ2n) is 3.87. The van der Waals surface area contributed by atoms with E-state index in [1.807, 2.05) is 24.3 Å². The zero-order valence-corrected chi connectivity index (χ0v) is 12.4. The van der Waals surface area contributed by atoms with Gasteiger partial charge in [0.25, 0.3) is 0 Å². The molecular formula is C13H10BrCl2NO.